The van der Waals surface area contributed by atoms with E-state index < -0.39 is 10.0 Å². The lowest BCUT2D eigenvalue weighted by atomic mass is 10.1. The fourth-order valence-corrected chi connectivity index (χ4v) is 4.31. The second-order valence-corrected chi connectivity index (χ2v) is 7.29. The molecule has 0 amide bonds. The van der Waals surface area contributed by atoms with Gasteiger partial charge in [-0.05, 0) is 19.8 Å². The first-order valence-electron chi connectivity index (χ1n) is 7.44. The molecule has 0 radical (unpaired) electrons. The van der Waals surface area contributed by atoms with Gasteiger partial charge in [-0.15, -0.1) is 0 Å². The van der Waals surface area contributed by atoms with E-state index in [0.29, 0.717) is 36.9 Å². The van der Waals surface area contributed by atoms with Crippen molar-refractivity contribution in [2.45, 2.75) is 52.5 Å². The number of hydrogen-bond donors (Lipinski definition) is 1. The van der Waals surface area contributed by atoms with Gasteiger partial charge in [-0.3, -0.25) is 4.68 Å². The summed E-state index contributed by atoms with van der Waals surface area (Å²) in [5.41, 5.74) is 1.08. The van der Waals surface area contributed by atoms with Crippen molar-refractivity contribution in [2.75, 3.05) is 19.7 Å². The Balaban J connectivity index is 3.23. The molecule has 1 aromatic heterocycles. The van der Waals surface area contributed by atoms with E-state index in [1.165, 1.54) is 4.31 Å². The molecule has 0 aromatic carbocycles. The number of hydrogen-bond acceptors (Lipinski definition) is 4. The van der Waals surface area contributed by atoms with Crippen molar-refractivity contribution in [1.82, 2.24) is 14.1 Å². The standard InChI is InChI=1S/C14H27N3O3S/c1-6-11(3)10-16(7-2)21(19,20)14-12(4)15-17(8-9-18)13(14)5/h11,18H,6-10H2,1-5H3. The third kappa shape index (κ3) is 3.84. The van der Waals surface area contributed by atoms with Crippen molar-refractivity contribution in [2.24, 2.45) is 5.92 Å². The number of nitrogens with zero attached hydrogens (tertiary/aromatic N) is 3. The van der Waals surface area contributed by atoms with Gasteiger partial charge in [0.2, 0.25) is 10.0 Å². The summed E-state index contributed by atoms with van der Waals surface area (Å²) in [7, 11) is -3.55. The fourth-order valence-electron chi connectivity index (χ4n) is 2.37. The lowest BCUT2D eigenvalue weighted by Gasteiger charge is -2.23. The highest BCUT2D eigenvalue weighted by Crippen LogP contribution is 2.24. The first kappa shape index (κ1) is 18.1. The maximum absolute atomic E-state index is 12.9. The van der Waals surface area contributed by atoms with E-state index in [-0.39, 0.29) is 11.5 Å². The molecular formula is C14H27N3O3S. The summed E-state index contributed by atoms with van der Waals surface area (Å²) in [4.78, 5) is 0.279. The number of aromatic nitrogens is 2. The lowest BCUT2D eigenvalue weighted by Crippen LogP contribution is -2.35. The van der Waals surface area contributed by atoms with Crippen LogP contribution in [-0.4, -0.2) is 47.3 Å². The molecule has 0 aliphatic carbocycles. The molecule has 0 aliphatic rings. The van der Waals surface area contributed by atoms with Crippen molar-refractivity contribution in [3.8, 4) is 0 Å². The number of rotatable bonds is 8. The first-order chi connectivity index (χ1) is 9.79. The Morgan fingerprint density at radius 1 is 1.33 bits per heavy atom. The van der Waals surface area contributed by atoms with Crippen LogP contribution in [-0.2, 0) is 16.6 Å². The van der Waals surface area contributed by atoms with Gasteiger partial charge in [0, 0.05) is 13.1 Å². The molecular weight excluding hydrogens is 290 g/mol. The minimum absolute atomic E-state index is 0.0637. The van der Waals surface area contributed by atoms with Crippen LogP contribution in [0.15, 0.2) is 4.90 Å². The van der Waals surface area contributed by atoms with Crippen LogP contribution >= 0.6 is 0 Å². The van der Waals surface area contributed by atoms with E-state index in [2.05, 4.69) is 12.0 Å². The summed E-state index contributed by atoms with van der Waals surface area (Å²) in [5, 5.41) is 13.3. The molecule has 0 aliphatic heterocycles. The highest BCUT2D eigenvalue weighted by molar-refractivity contribution is 7.89. The van der Waals surface area contributed by atoms with Crippen molar-refractivity contribution < 1.29 is 13.5 Å². The van der Waals surface area contributed by atoms with E-state index in [4.69, 9.17) is 5.11 Å². The van der Waals surface area contributed by atoms with Crippen molar-refractivity contribution in [1.29, 1.82) is 0 Å². The van der Waals surface area contributed by atoms with Crippen LogP contribution in [0.2, 0.25) is 0 Å². The fraction of sp³-hybridized carbons (Fsp3) is 0.786. The third-order valence-electron chi connectivity index (χ3n) is 3.79. The molecule has 1 N–H and O–H groups in total. The Kier molecular flexibility index (Phi) is 6.37. The predicted molar refractivity (Wildman–Crippen MR) is 82.7 cm³/mol. The normalized spacial score (nSPS) is 13.9. The SMILES string of the molecule is CCC(C)CN(CC)S(=O)(=O)c1c(C)nn(CCO)c1C. The maximum Gasteiger partial charge on any atom is 0.246 e. The molecule has 0 bridgehead atoms. The molecule has 1 aromatic rings. The Morgan fingerprint density at radius 3 is 2.43 bits per heavy atom. The molecule has 21 heavy (non-hydrogen) atoms. The quantitative estimate of drug-likeness (QED) is 0.789. The van der Waals surface area contributed by atoms with Crippen LogP contribution in [0, 0.1) is 19.8 Å². The van der Waals surface area contributed by atoms with Gasteiger partial charge in [-0.2, -0.15) is 9.40 Å². The first-order valence-corrected chi connectivity index (χ1v) is 8.88. The van der Waals surface area contributed by atoms with E-state index in [1.807, 2.05) is 13.8 Å². The summed E-state index contributed by atoms with van der Waals surface area (Å²) >= 11 is 0. The Labute approximate surface area is 127 Å². The van der Waals surface area contributed by atoms with Crippen LogP contribution in [0.3, 0.4) is 0 Å². The zero-order valence-electron chi connectivity index (χ0n) is 13.6. The zero-order chi connectivity index (χ0) is 16.2. The number of sulfonamides is 1. The Bertz CT molecular complexity index is 566. The molecule has 1 heterocycles. The topological polar surface area (TPSA) is 75.4 Å². The van der Waals surface area contributed by atoms with Crippen molar-refractivity contribution in [3.63, 3.8) is 0 Å². The van der Waals surface area contributed by atoms with Gasteiger partial charge >= 0.3 is 0 Å². The molecule has 1 atom stereocenters. The molecule has 0 saturated carbocycles. The average Bonchev–Trinajstić information content (AvgIpc) is 2.71. The molecule has 6 nitrogen and oxygen atoms in total. The van der Waals surface area contributed by atoms with E-state index in [9.17, 15) is 8.42 Å². The van der Waals surface area contributed by atoms with Crippen LogP contribution < -0.4 is 0 Å². The maximum atomic E-state index is 12.9. The van der Waals surface area contributed by atoms with Crippen molar-refractivity contribution in [3.05, 3.63) is 11.4 Å². The summed E-state index contributed by atoms with van der Waals surface area (Å²) in [5.74, 6) is 0.313. The van der Waals surface area contributed by atoms with E-state index >= 15 is 0 Å². The van der Waals surface area contributed by atoms with Gasteiger partial charge < -0.3 is 5.11 Å². The molecule has 1 unspecified atom stereocenters. The van der Waals surface area contributed by atoms with Gasteiger partial charge in [0.1, 0.15) is 4.90 Å². The molecule has 7 heteroatoms. The predicted octanol–water partition coefficient (Wildman–Crippen LogP) is 1.55. The van der Waals surface area contributed by atoms with Crippen LogP contribution in [0.4, 0.5) is 0 Å². The highest BCUT2D eigenvalue weighted by Gasteiger charge is 2.30. The van der Waals surface area contributed by atoms with E-state index in [1.54, 1.807) is 18.5 Å². The second kappa shape index (κ2) is 7.38. The van der Waals surface area contributed by atoms with Crippen LogP contribution in [0.1, 0.15) is 38.6 Å². The van der Waals surface area contributed by atoms with E-state index in [0.717, 1.165) is 6.42 Å². The molecule has 1 rings (SSSR count). The van der Waals surface area contributed by atoms with Crippen LogP contribution in [0.5, 0.6) is 0 Å². The van der Waals surface area contributed by atoms with Gasteiger partial charge in [0.05, 0.1) is 24.5 Å². The summed E-state index contributed by atoms with van der Waals surface area (Å²) in [6.07, 6.45) is 0.938. The lowest BCUT2D eigenvalue weighted by molar-refractivity contribution is 0.267. The van der Waals surface area contributed by atoms with Gasteiger partial charge in [0.15, 0.2) is 0 Å². The Morgan fingerprint density at radius 2 is 1.95 bits per heavy atom. The molecule has 0 spiro atoms. The zero-order valence-corrected chi connectivity index (χ0v) is 14.4. The number of aliphatic hydroxyl groups is 1. The summed E-state index contributed by atoms with van der Waals surface area (Å²) in [6.45, 7) is 10.6. The molecule has 0 fully saturated rings. The van der Waals surface area contributed by atoms with Crippen LogP contribution in [0.25, 0.3) is 0 Å². The van der Waals surface area contributed by atoms with Gasteiger partial charge in [0.25, 0.3) is 0 Å². The third-order valence-corrected chi connectivity index (χ3v) is 5.98. The molecule has 0 saturated heterocycles. The average molecular weight is 317 g/mol. The minimum atomic E-state index is -3.55. The second-order valence-electron chi connectivity index (χ2n) is 5.42. The molecule has 122 valence electrons. The minimum Gasteiger partial charge on any atom is -0.394 e. The summed E-state index contributed by atoms with van der Waals surface area (Å²) in [6, 6.07) is 0. The largest absolute Gasteiger partial charge is 0.394 e. The summed E-state index contributed by atoms with van der Waals surface area (Å²) < 4.78 is 28.8. The number of aryl methyl sites for hydroxylation is 1. The number of aliphatic hydroxyl groups excluding tert-OH is 1. The smallest absolute Gasteiger partial charge is 0.246 e. The monoisotopic (exact) mass is 317 g/mol. The van der Waals surface area contributed by atoms with Gasteiger partial charge in [-0.25, -0.2) is 8.42 Å². The van der Waals surface area contributed by atoms with Crippen molar-refractivity contribution >= 4 is 10.0 Å². The Hall–Kier alpha value is -0.920. The van der Waals surface area contributed by atoms with Gasteiger partial charge in [-0.1, -0.05) is 27.2 Å². The highest BCUT2D eigenvalue weighted by atomic mass is 32.2.